The van der Waals surface area contributed by atoms with Gasteiger partial charge in [-0.1, -0.05) is 46.7 Å². The van der Waals surface area contributed by atoms with Crippen molar-refractivity contribution in [1.82, 2.24) is 5.16 Å². The van der Waals surface area contributed by atoms with Crippen LogP contribution in [-0.4, -0.2) is 21.9 Å². The molecule has 7 nitrogen and oxygen atoms in total. The van der Waals surface area contributed by atoms with Gasteiger partial charge in [-0.2, -0.15) is 0 Å². The van der Waals surface area contributed by atoms with Crippen LogP contribution in [0, 0.1) is 16.0 Å². The Morgan fingerprint density at radius 1 is 1.26 bits per heavy atom. The fourth-order valence-electron chi connectivity index (χ4n) is 1.50. The first kappa shape index (κ1) is 15.1. The number of oxime groups is 1. The van der Waals surface area contributed by atoms with Gasteiger partial charge in [0.25, 0.3) is 11.4 Å². The van der Waals surface area contributed by atoms with Crippen molar-refractivity contribution in [2.45, 2.75) is 41.5 Å². The summed E-state index contributed by atoms with van der Waals surface area (Å²) in [7, 11) is 0. The zero-order chi connectivity index (χ0) is 15.0. The number of carbonyl (C=O) groups excluding carboxylic acids is 1. The standard InChI is InChI=1S/C12H19N3O4/c1-11(2,3)9(13-17)8-7(14-19-15(8)18)10(16)12(4,5)6/h17H,1-6H3/b13-9+. The van der Waals surface area contributed by atoms with Crippen molar-refractivity contribution in [2.24, 2.45) is 16.0 Å². The molecule has 0 aromatic carbocycles. The fraction of sp³-hybridized carbons (Fsp3) is 0.667. The van der Waals surface area contributed by atoms with Gasteiger partial charge in [-0.15, -0.1) is 0 Å². The van der Waals surface area contributed by atoms with Crippen molar-refractivity contribution in [1.29, 1.82) is 0 Å². The maximum absolute atomic E-state index is 12.2. The first-order valence-electron chi connectivity index (χ1n) is 5.87. The Balaban J connectivity index is 3.46. The third kappa shape index (κ3) is 2.91. The second kappa shape index (κ2) is 4.64. The molecule has 1 aromatic rings. The molecule has 19 heavy (non-hydrogen) atoms. The Bertz CT molecular complexity index is 518. The summed E-state index contributed by atoms with van der Waals surface area (Å²) in [6, 6.07) is 0. The van der Waals surface area contributed by atoms with E-state index in [9.17, 15) is 10.0 Å². The molecule has 0 unspecified atom stereocenters. The number of rotatable bonds is 2. The summed E-state index contributed by atoms with van der Waals surface area (Å²) >= 11 is 0. The van der Waals surface area contributed by atoms with Crippen molar-refractivity contribution in [3.8, 4) is 0 Å². The molecule has 1 heterocycles. The molecular weight excluding hydrogens is 250 g/mol. The molecule has 1 rings (SSSR count). The van der Waals surface area contributed by atoms with E-state index in [-0.39, 0.29) is 27.8 Å². The van der Waals surface area contributed by atoms with E-state index in [0.717, 1.165) is 0 Å². The van der Waals surface area contributed by atoms with Crippen molar-refractivity contribution in [2.75, 3.05) is 0 Å². The molecule has 1 N–H and O–H groups in total. The highest BCUT2D eigenvalue weighted by Crippen LogP contribution is 2.26. The smallest absolute Gasteiger partial charge is 0.293 e. The summed E-state index contributed by atoms with van der Waals surface area (Å²) in [5.74, 6) is -0.355. The van der Waals surface area contributed by atoms with Crippen LogP contribution in [0.15, 0.2) is 9.78 Å². The SMILES string of the molecule is CC(C)(C)C(=O)c1no[n+]([O-])c1/C(=N\O)C(C)(C)C. The van der Waals surface area contributed by atoms with E-state index in [2.05, 4.69) is 14.9 Å². The summed E-state index contributed by atoms with van der Waals surface area (Å²) in [5.41, 5.74) is -1.58. The summed E-state index contributed by atoms with van der Waals surface area (Å²) in [6.07, 6.45) is 0. The number of hydrogen-bond acceptors (Lipinski definition) is 6. The molecule has 0 amide bonds. The molecule has 7 heteroatoms. The minimum atomic E-state index is -0.725. The average molecular weight is 269 g/mol. The van der Waals surface area contributed by atoms with Gasteiger partial charge in [-0.3, -0.25) is 9.42 Å². The molecule has 0 saturated carbocycles. The van der Waals surface area contributed by atoms with Crippen LogP contribution in [0.25, 0.3) is 0 Å². The minimum Gasteiger partial charge on any atom is -0.410 e. The monoisotopic (exact) mass is 269 g/mol. The van der Waals surface area contributed by atoms with E-state index in [4.69, 9.17) is 5.21 Å². The van der Waals surface area contributed by atoms with Gasteiger partial charge in [0, 0.05) is 10.8 Å². The number of Topliss-reactive ketones (excluding diaryl/α,β-unsaturated/α-hetero) is 1. The van der Waals surface area contributed by atoms with E-state index < -0.39 is 10.8 Å². The van der Waals surface area contributed by atoms with Crippen LogP contribution in [0.1, 0.15) is 57.7 Å². The Morgan fingerprint density at radius 3 is 2.16 bits per heavy atom. The Hall–Kier alpha value is -1.92. The number of nitrogens with zero attached hydrogens (tertiary/aromatic N) is 3. The third-order valence-corrected chi connectivity index (χ3v) is 2.54. The maximum Gasteiger partial charge on any atom is 0.293 e. The van der Waals surface area contributed by atoms with E-state index in [0.29, 0.717) is 0 Å². The molecule has 0 saturated heterocycles. The van der Waals surface area contributed by atoms with Crippen LogP contribution in [0.3, 0.4) is 0 Å². The van der Waals surface area contributed by atoms with Gasteiger partial charge in [0.1, 0.15) is 5.71 Å². The minimum absolute atomic E-state index is 0.0522. The van der Waals surface area contributed by atoms with Gasteiger partial charge < -0.3 is 10.4 Å². The van der Waals surface area contributed by atoms with Crippen molar-refractivity contribution >= 4 is 11.5 Å². The molecule has 0 fully saturated rings. The van der Waals surface area contributed by atoms with E-state index >= 15 is 0 Å². The van der Waals surface area contributed by atoms with E-state index in [1.165, 1.54) is 0 Å². The Labute approximate surface area is 111 Å². The van der Waals surface area contributed by atoms with E-state index in [1.54, 1.807) is 41.5 Å². The number of carbonyl (C=O) groups is 1. The van der Waals surface area contributed by atoms with Gasteiger partial charge in [-0.05, 0) is 4.90 Å². The zero-order valence-corrected chi connectivity index (χ0v) is 12.0. The van der Waals surface area contributed by atoms with Crippen molar-refractivity contribution < 1.29 is 19.5 Å². The van der Waals surface area contributed by atoms with Crippen LogP contribution < -0.4 is 4.90 Å². The van der Waals surface area contributed by atoms with E-state index in [1.807, 2.05) is 0 Å². The lowest BCUT2D eigenvalue weighted by atomic mass is 9.83. The highest BCUT2D eigenvalue weighted by Gasteiger charge is 2.40. The summed E-state index contributed by atoms with van der Waals surface area (Å²) in [5, 5.41) is 27.4. The summed E-state index contributed by atoms with van der Waals surface area (Å²) in [6.45, 7) is 10.4. The molecule has 1 aromatic heterocycles. The van der Waals surface area contributed by atoms with Gasteiger partial charge in [0.15, 0.2) is 0 Å². The Morgan fingerprint density at radius 2 is 1.79 bits per heavy atom. The quantitative estimate of drug-likeness (QED) is 0.290. The first-order chi connectivity index (χ1) is 8.50. The van der Waals surface area contributed by atoms with Crippen molar-refractivity contribution in [3.63, 3.8) is 0 Å². The molecule has 0 bridgehead atoms. The molecular formula is C12H19N3O4. The van der Waals surface area contributed by atoms with Crippen LogP contribution in [0.2, 0.25) is 0 Å². The predicted octanol–water partition coefficient (Wildman–Crippen LogP) is 1.76. The zero-order valence-electron chi connectivity index (χ0n) is 12.0. The molecule has 106 valence electrons. The normalized spacial score (nSPS) is 13.7. The Kier molecular flexibility index (Phi) is 3.70. The lowest BCUT2D eigenvalue weighted by Gasteiger charge is -2.18. The molecule has 0 aliphatic heterocycles. The molecule has 0 spiro atoms. The number of hydrogen-bond donors (Lipinski definition) is 1. The number of ketones is 1. The van der Waals surface area contributed by atoms with Gasteiger partial charge in [0.2, 0.25) is 5.78 Å². The molecule has 0 aliphatic carbocycles. The first-order valence-corrected chi connectivity index (χ1v) is 5.87. The van der Waals surface area contributed by atoms with Gasteiger partial charge in [0.05, 0.1) is 5.16 Å². The van der Waals surface area contributed by atoms with Crippen LogP contribution in [0.4, 0.5) is 0 Å². The average Bonchev–Trinajstić information content (AvgIpc) is 2.58. The topological polar surface area (TPSA) is 103 Å². The van der Waals surface area contributed by atoms with Gasteiger partial charge in [-0.25, -0.2) is 0 Å². The lowest BCUT2D eigenvalue weighted by Crippen LogP contribution is -2.38. The van der Waals surface area contributed by atoms with Crippen molar-refractivity contribution in [3.05, 3.63) is 16.6 Å². The summed E-state index contributed by atoms with van der Waals surface area (Å²) < 4.78 is 4.49. The highest BCUT2D eigenvalue weighted by molar-refractivity contribution is 6.10. The fourth-order valence-corrected chi connectivity index (χ4v) is 1.50. The molecule has 0 radical (unpaired) electrons. The van der Waals surface area contributed by atoms with Crippen LogP contribution in [-0.2, 0) is 0 Å². The summed E-state index contributed by atoms with van der Waals surface area (Å²) in [4.78, 5) is 12.3. The van der Waals surface area contributed by atoms with Crippen LogP contribution in [0.5, 0.6) is 0 Å². The molecule has 0 atom stereocenters. The second-order valence-corrected chi connectivity index (χ2v) is 6.40. The predicted molar refractivity (Wildman–Crippen MR) is 67.0 cm³/mol. The maximum atomic E-state index is 12.2. The number of aromatic nitrogens is 2. The largest absolute Gasteiger partial charge is 0.410 e. The third-order valence-electron chi connectivity index (χ3n) is 2.54. The lowest BCUT2D eigenvalue weighted by molar-refractivity contribution is -0.803. The van der Waals surface area contributed by atoms with Crippen LogP contribution >= 0.6 is 0 Å². The highest BCUT2D eigenvalue weighted by atomic mass is 16.8. The van der Waals surface area contributed by atoms with Gasteiger partial charge >= 0.3 is 0 Å². The second-order valence-electron chi connectivity index (χ2n) is 6.40. The molecule has 0 aliphatic rings.